The van der Waals surface area contributed by atoms with E-state index in [1.165, 1.54) is 0 Å². The Kier molecular flexibility index (Phi) is 4.02. The number of amides is 1. The summed E-state index contributed by atoms with van der Waals surface area (Å²) in [5.41, 5.74) is 0.369. The van der Waals surface area contributed by atoms with Crippen LogP contribution < -0.4 is 0 Å². The maximum atomic E-state index is 12.1. The summed E-state index contributed by atoms with van der Waals surface area (Å²) in [6.45, 7) is 0.607. The highest BCUT2D eigenvalue weighted by Crippen LogP contribution is 2.32. The molecule has 1 saturated carbocycles. The van der Waals surface area contributed by atoms with Crippen molar-refractivity contribution in [1.82, 2.24) is 4.90 Å². The van der Waals surface area contributed by atoms with Gasteiger partial charge in [-0.05, 0) is 18.4 Å². The molecule has 98 valence electrons. The van der Waals surface area contributed by atoms with Crippen molar-refractivity contribution in [1.29, 1.82) is 0 Å². The van der Waals surface area contributed by atoms with Gasteiger partial charge in [0.2, 0.25) is 5.91 Å². The lowest BCUT2D eigenvalue weighted by atomic mass is 9.97. The highest BCUT2D eigenvalue weighted by molar-refractivity contribution is 5.77. The van der Waals surface area contributed by atoms with E-state index in [2.05, 4.69) is 0 Å². The summed E-state index contributed by atoms with van der Waals surface area (Å²) < 4.78 is 0. The zero-order valence-corrected chi connectivity index (χ0v) is 10.9. The number of nitrogens with zero attached hydrogens (tertiary/aromatic N) is 1. The van der Waals surface area contributed by atoms with Crippen LogP contribution in [0.1, 0.15) is 37.7 Å². The summed E-state index contributed by atoms with van der Waals surface area (Å²) in [6.07, 6.45) is 3.85. The number of carbonyl (C=O) groups excluding carboxylic acids is 1. The number of hydrogen-bond acceptors (Lipinski definition) is 2. The molecule has 0 aliphatic heterocycles. The van der Waals surface area contributed by atoms with Crippen molar-refractivity contribution >= 4 is 5.91 Å². The van der Waals surface area contributed by atoms with Gasteiger partial charge in [-0.3, -0.25) is 4.79 Å². The van der Waals surface area contributed by atoms with E-state index in [1.54, 1.807) is 11.9 Å². The average molecular weight is 247 g/mol. The Labute approximate surface area is 108 Å². The molecule has 0 unspecified atom stereocenters. The summed E-state index contributed by atoms with van der Waals surface area (Å²) in [5.74, 6) is 0.0308. The minimum Gasteiger partial charge on any atom is -0.389 e. The summed E-state index contributed by atoms with van der Waals surface area (Å²) in [7, 11) is 1.80. The Balaban J connectivity index is 1.89. The van der Waals surface area contributed by atoms with Gasteiger partial charge in [0.1, 0.15) is 0 Å². The molecule has 1 amide bonds. The van der Waals surface area contributed by atoms with E-state index >= 15 is 0 Å². The first-order valence-corrected chi connectivity index (χ1v) is 6.59. The lowest BCUT2D eigenvalue weighted by Crippen LogP contribution is -2.35. The molecule has 1 aliphatic rings. The van der Waals surface area contributed by atoms with E-state index in [1.807, 2.05) is 30.3 Å². The molecule has 2 rings (SSSR count). The maximum Gasteiger partial charge on any atom is 0.225 e. The third-order valence-electron chi connectivity index (χ3n) is 3.70. The van der Waals surface area contributed by atoms with Crippen molar-refractivity contribution in [2.24, 2.45) is 0 Å². The molecule has 0 radical (unpaired) electrons. The lowest BCUT2D eigenvalue weighted by Gasteiger charge is -2.25. The molecule has 1 aromatic rings. The normalized spacial score (nSPS) is 17.7. The van der Waals surface area contributed by atoms with Gasteiger partial charge >= 0.3 is 0 Å². The van der Waals surface area contributed by atoms with Crippen molar-refractivity contribution in [3.8, 4) is 0 Å². The first kappa shape index (κ1) is 13.1. The SMILES string of the molecule is CN(Cc1ccccc1)C(=O)CC1(O)CCCC1. The highest BCUT2D eigenvalue weighted by Gasteiger charge is 2.34. The van der Waals surface area contributed by atoms with Crippen LogP contribution in [-0.4, -0.2) is 28.6 Å². The van der Waals surface area contributed by atoms with Crippen molar-refractivity contribution in [3.63, 3.8) is 0 Å². The van der Waals surface area contributed by atoms with Crippen LogP contribution in [0.25, 0.3) is 0 Å². The van der Waals surface area contributed by atoms with Crippen LogP contribution in [0.3, 0.4) is 0 Å². The molecule has 0 saturated heterocycles. The van der Waals surface area contributed by atoms with Gasteiger partial charge in [0.15, 0.2) is 0 Å². The third kappa shape index (κ3) is 3.33. The van der Waals surface area contributed by atoms with Gasteiger partial charge < -0.3 is 10.0 Å². The van der Waals surface area contributed by atoms with Crippen LogP contribution in [0.15, 0.2) is 30.3 Å². The summed E-state index contributed by atoms with van der Waals surface area (Å²) in [5, 5.41) is 10.2. The molecule has 0 atom stereocenters. The predicted molar refractivity (Wildman–Crippen MR) is 71.0 cm³/mol. The average Bonchev–Trinajstić information content (AvgIpc) is 2.77. The molecular formula is C15H21NO2. The standard InChI is InChI=1S/C15H21NO2/c1-16(12-13-7-3-2-4-8-13)14(17)11-15(18)9-5-6-10-15/h2-4,7-8,18H,5-6,9-12H2,1H3. The van der Waals surface area contributed by atoms with E-state index in [0.717, 1.165) is 31.2 Å². The largest absolute Gasteiger partial charge is 0.389 e. The molecule has 3 heteroatoms. The van der Waals surface area contributed by atoms with Gasteiger partial charge in [-0.1, -0.05) is 43.2 Å². The Morgan fingerprint density at radius 1 is 1.28 bits per heavy atom. The fourth-order valence-corrected chi connectivity index (χ4v) is 2.57. The van der Waals surface area contributed by atoms with Gasteiger partial charge in [-0.2, -0.15) is 0 Å². The summed E-state index contributed by atoms with van der Waals surface area (Å²) in [6, 6.07) is 9.92. The maximum absolute atomic E-state index is 12.1. The first-order chi connectivity index (χ1) is 8.59. The van der Waals surface area contributed by atoms with Gasteiger partial charge in [-0.15, -0.1) is 0 Å². The van der Waals surface area contributed by atoms with E-state index in [9.17, 15) is 9.90 Å². The van der Waals surface area contributed by atoms with Crippen LogP contribution in [-0.2, 0) is 11.3 Å². The second-order valence-corrected chi connectivity index (χ2v) is 5.34. The lowest BCUT2D eigenvalue weighted by molar-refractivity contribution is -0.135. The van der Waals surface area contributed by atoms with Gasteiger partial charge in [0.25, 0.3) is 0 Å². The third-order valence-corrected chi connectivity index (χ3v) is 3.70. The Hall–Kier alpha value is -1.35. The smallest absolute Gasteiger partial charge is 0.225 e. The van der Waals surface area contributed by atoms with Gasteiger partial charge in [-0.25, -0.2) is 0 Å². The Morgan fingerprint density at radius 3 is 2.50 bits per heavy atom. The van der Waals surface area contributed by atoms with Crippen LogP contribution >= 0.6 is 0 Å². The second kappa shape index (κ2) is 5.53. The quantitative estimate of drug-likeness (QED) is 0.887. The molecule has 1 aromatic carbocycles. The van der Waals surface area contributed by atoms with Crippen molar-refractivity contribution in [2.45, 2.75) is 44.2 Å². The fourth-order valence-electron chi connectivity index (χ4n) is 2.57. The van der Waals surface area contributed by atoms with Gasteiger partial charge in [0.05, 0.1) is 12.0 Å². The highest BCUT2D eigenvalue weighted by atomic mass is 16.3. The summed E-state index contributed by atoms with van der Waals surface area (Å²) in [4.78, 5) is 13.8. The van der Waals surface area contributed by atoms with Crippen molar-refractivity contribution in [3.05, 3.63) is 35.9 Å². The van der Waals surface area contributed by atoms with E-state index < -0.39 is 5.60 Å². The van der Waals surface area contributed by atoms with E-state index in [0.29, 0.717) is 6.54 Å². The minimum absolute atomic E-state index is 0.0308. The monoisotopic (exact) mass is 247 g/mol. The molecule has 0 spiro atoms. The zero-order chi connectivity index (χ0) is 13.0. The molecule has 1 N–H and O–H groups in total. The molecule has 3 nitrogen and oxygen atoms in total. The molecular weight excluding hydrogens is 226 g/mol. The molecule has 0 aromatic heterocycles. The predicted octanol–water partition coefficient (Wildman–Crippen LogP) is 2.34. The fraction of sp³-hybridized carbons (Fsp3) is 0.533. The second-order valence-electron chi connectivity index (χ2n) is 5.34. The number of hydrogen-bond donors (Lipinski definition) is 1. The number of rotatable bonds is 4. The Bertz CT molecular complexity index is 396. The molecule has 0 heterocycles. The van der Waals surface area contributed by atoms with Gasteiger partial charge in [0, 0.05) is 13.6 Å². The minimum atomic E-state index is -0.748. The Morgan fingerprint density at radius 2 is 1.89 bits per heavy atom. The molecule has 0 bridgehead atoms. The van der Waals surface area contributed by atoms with Crippen molar-refractivity contribution < 1.29 is 9.90 Å². The van der Waals surface area contributed by atoms with E-state index in [4.69, 9.17) is 0 Å². The molecule has 18 heavy (non-hydrogen) atoms. The molecule has 1 fully saturated rings. The number of carbonyl (C=O) groups is 1. The molecule has 1 aliphatic carbocycles. The summed E-state index contributed by atoms with van der Waals surface area (Å²) >= 11 is 0. The van der Waals surface area contributed by atoms with Crippen molar-refractivity contribution in [2.75, 3.05) is 7.05 Å². The number of benzene rings is 1. The zero-order valence-electron chi connectivity index (χ0n) is 10.9. The van der Waals surface area contributed by atoms with E-state index in [-0.39, 0.29) is 12.3 Å². The van der Waals surface area contributed by atoms with Crippen LogP contribution in [0.2, 0.25) is 0 Å². The van der Waals surface area contributed by atoms with Crippen LogP contribution in [0.5, 0.6) is 0 Å². The first-order valence-electron chi connectivity index (χ1n) is 6.59. The number of aliphatic hydroxyl groups is 1. The van der Waals surface area contributed by atoms with Crippen LogP contribution in [0.4, 0.5) is 0 Å². The van der Waals surface area contributed by atoms with Crippen LogP contribution in [0, 0.1) is 0 Å². The topological polar surface area (TPSA) is 40.5 Å².